The highest BCUT2D eigenvalue weighted by atomic mass is 32.1. The lowest BCUT2D eigenvalue weighted by atomic mass is 10.1. The van der Waals surface area contributed by atoms with Crippen molar-refractivity contribution in [2.45, 2.75) is 13.5 Å². The smallest absolute Gasteiger partial charge is 0.253 e. The second-order valence-electron chi connectivity index (χ2n) is 6.61. The van der Waals surface area contributed by atoms with Crippen molar-refractivity contribution in [2.75, 3.05) is 32.2 Å². The molecular formula is C22H25N3O4S. The van der Waals surface area contributed by atoms with Gasteiger partial charge in [-0.3, -0.25) is 4.79 Å². The molecule has 0 fully saturated rings. The number of nitrogens with zero attached hydrogens (tertiary/aromatic N) is 1. The molecule has 3 N–H and O–H groups in total. The molecule has 0 atom stereocenters. The molecule has 0 bridgehead atoms. The number of anilines is 1. The zero-order chi connectivity index (χ0) is 21.5. The van der Waals surface area contributed by atoms with Crippen LogP contribution in [0.2, 0.25) is 0 Å². The molecule has 1 heterocycles. The van der Waals surface area contributed by atoms with Gasteiger partial charge in [0.25, 0.3) is 5.56 Å². The van der Waals surface area contributed by atoms with Crippen LogP contribution in [0.25, 0.3) is 10.9 Å². The van der Waals surface area contributed by atoms with E-state index in [2.05, 4.69) is 10.3 Å². The number of thiocarbonyl (C=S) groups is 1. The summed E-state index contributed by atoms with van der Waals surface area (Å²) in [5.41, 5.74) is 1.84. The number of H-pyrrole nitrogens is 1. The largest absolute Gasteiger partial charge is 0.497 e. The third kappa shape index (κ3) is 5.28. The summed E-state index contributed by atoms with van der Waals surface area (Å²) in [6.07, 6.45) is 0. The summed E-state index contributed by atoms with van der Waals surface area (Å²) in [7, 11) is 1.58. The average Bonchev–Trinajstić information content (AvgIpc) is 2.75. The summed E-state index contributed by atoms with van der Waals surface area (Å²) in [5, 5.41) is 13.9. The number of benzene rings is 2. The maximum atomic E-state index is 12.6. The Morgan fingerprint density at radius 1 is 1.17 bits per heavy atom. The molecule has 0 saturated carbocycles. The molecule has 0 aliphatic rings. The molecule has 0 aliphatic carbocycles. The van der Waals surface area contributed by atoms with Gasteiger partial charge in [0.2, 0.25) is 0 Å². The lowest BCUT2D eigenvalue weighted by Crippen LogP contribution is -2.37. The summed E-state index contributed by atoms with van der Waals surface area (Å²) in [6, 6.07) is 14.8. The van der Waals surface area contributed by atoms with Crippen LogP contribution in [0.5, 0.6) is 11.5 Å². The molecule has 3 rings (SSSR count). The maximum absolute atomic E-state index is 12.6. The summed E-state index contributed by atoms with van der Waals surface area (Å²) in [4.78, 5) is 17.2. The highest BCUT2D eigenvalue weighted by molar-refractivity contribution is 7.80. The second kappa shape index (κ2) is 10.1. The summed E-state index contributed by atoms with van der Waals surface area (Å²) in [6.45, 7) is 3.00. The fraction of sp³-hybridized carbons (Fsp3) is 0.273. The molecule has 158 valence electrons. The number of aliphatic hydroxyl groups excluding tert-OH is 1. The van der Waals surface area contributed by atoms with Gasteiger partial charge in [0.1, 0.15) is 11.5 Å². The van der Waals surface area contributed by atoms with Gasteiger partial charge in [-0.2, -0.15) is 0 Å². The number of methoxy groups -OCH3 is 1. The van der Waals surface area contributed by atoms with E-state index in [-0.39, 0.29) is 18.7 Å². The van der Waals surface area contributed by atoms with Crippen molar-refractivity contribution in [3.63, 3.8) is 0 Å². The second-order valence-corrected chi connectivity index (χ2v) is 7.00. The summed E-state index contributed by atoms with van der Waals surface area (Å²) >= 11 is 5.52. The number of fused-ring (bicyclic) bond motifs is 1. The highest BCUT2D eigenvalue weighted by Gasteiger charge is 2.13. The van der Waals surface area contributed by atoms with Crippen molar-refractivity contribution in [1.82, 2.24) is 9.88 Å². The zero-order valence-electron chi connectivity index (χ0n) is 17.0. The molecule has 0 unspecified atom stereocenters. The Morgan fingerprint density at radius 3 is 2.57 bits per heavy atom. The maximum Gasteiger partial charge on any atom is 0.253 e. The standard InChI is InChI=1S/C22H25N3O4S/c1-3-29-18-8-5-17(6-9-18)23-22(30)25(10-11-26)14-16-12-15-4-7-19(28-2)13-20(15)24-21(16)27/h4-9,12-13,26H,3,10-11,14H2,1-2H3,(H,23,30)(H,24,27). The molecule has 0 amide bonds. The number of hydrogen-bond acceptors (Lipinski definition) is 5. The summed E-state index contributed by atoms with van der Waals surface area (Å²) < 4.78 is 10.7. The number of ether oxygens (including phenoxy) is 2. The Kier molecular flexibility index (Phi) is 7.26. The van der Waals surface area contributed by atoms with Crippen LogP contribution in [0.3, 0.4) is 0 Å². The van der Waals surface area contributed by atoms with Crippen LogP contribution in [0.4, 0.5) is 5.69 Å². The quantitative estimate of drug-likeness (QED) is 0.476. The number of rotatable bonds is 8. The minimum Gasteiger partial charge on any atom is -0.497 e. The van der Waals surface area contributed by atoms with Crippen molar-refractivity contribution in [3.05, 3.63) is 64.4 Å². The molecule has 2 aromatic carbocycles. The van der Waals surface area contributed by atoms with Crippen LogP contribution in [0.15, 0.2) is 53.3 Å². The van der Waals surface area contributed by atoms with Gasteiger partial charge in [-0.25, -0.2) is 0 Å². The number of pyridine rings is 1. The molecule has 30 heavy (non-hydrogen) atoms. The predicted octanol–water partition coefficient (Wildman–Crippen LogP) is 3.13. The third-order valence-corrected chi connectivity index (χ3v) is 4.93. The SMILES string of the molecule is CCOc1ccc(NC(=S)N(CCO)Cc2cc3ccc(OC)cc3[nH]c2=O)cc1. The fourth-order valence-corrected chi connectivity index (χ4v) is 3.33. The molecule has 0 aliphatic heterocycles. The van der Waals surface area contributed by atoms with E-state index in [9.17, 15) is 9.90 Å². The predicted molar refractivity (Wildman–Crippen MR) is 122 cm³/mol. The van der Waals surface area contributed by atoms with Crippen molar-refractivity contribution in [2.24, 2.45) is 0 Å². The van der Waals surface area contributed by atoms with E-state index < -0.39 is 0 Å². The van der Waals surface area contributed by atoms with Crippen LogP contribution in [-0.4, -0.2) is 47.0 Å². The van der Waals surface area contributed by atoms with Gasteiger partial charge in [0.05, 0.1) is 32.4 Å². The average molecular weight is 428 g/mol. The van der Waals surface area contributed by atoms with E-state index in [0.717, 1.165) is 16.8 Å². The Bertz CT molecular complexity index is 1070. The summed E-state index contributed by atoms with van der Waals surface area (Å²) in [5.74, 6) is 1.45. The molecule has 0 saturated heterocycles. The van der Waals surface area contributed by atoms with Crippen LogP contribution in [0, 0.1) is 0 Å². The molecule has 1 aromatic heterocycles. The number of aromatic amines is 1. The van der Waals surface area contributed by atoms with Crippen molar-refractivity contribution >= 4 is 33.9 Å². The molecule has 7 nitrogen and oxygen atoms in total. The van der Waals surface area contributed by atoms with E-state index in [1.54, 1.807) is 18.1 Å². The van der Waals surface area contributed by atoms with Crippen LogP contribution >= 0.6 is 12.2 Å². The van der Waals surface area contributed by atoms with E-state index in [1.165, 1.54) is 0 Å². The number of hydrogen-bond donors (Lipinski definition) is 3. The molecular weight excluding hydrogens is 402 g/mol. The van der Waals surface area contributed by atoms with E-state index in [1.807, 2.05) is 49.4 Å². The van der Waals surface area contributed by atoms with Gasteiger partial charge in [-0.1, -0.05) is 0 Å². The first-order chi connectivity index (χ1) is 14.5. The molecule has 0 spiro atoms. The van der Waals surface area contributed by atoms with Crippen LogP contribution in [0.1, 0.15) is 12.5 Å². The van der Waals surface area contributed by atoms with E-state index >= 15 is 0 Å². The third-order valence-electron chi connectivity index (χ3n) is 4.56. The molecule has 0 radical (unpaired) electrons. The Hall–Kier alpha value is -3.10. The van der Waals surface area contributed by atoms with Crippen molar-refractivity contribution in [3.8, 4) is 11.5 Å². The van der Waals surface area contributed by atoms with Crippen LogP contribution in [-0.2, 0) is 6.54 Å². The van der Waals surface area contributed by atoms with Gasteiger partial charge >= 0.3 is 0 Å². The normalized spacial score (nSPS) is 10.6. The lowest BCUT2D eigenvalue weighted by molar-refractivity contribution is 0.248. The Morgan fingerprint density at radius 2 is 1.90 bits per heavy atom. The Labute approximate surface area is 180 Å². The highest BCUT2D eigenvalue weighted by Crippen LogP contribution is 2.20. The monoisotopic (exact) mass is 427 g/mol. The van der Waals surface area contributed by atoms with Gasteiger partial charge in [-0.05, 0) is 67.0 Å². The topological polar surface area (TPSA) is 86.8 Å². The van der Waals surface area contributed by atoms with Crippen molar-refractivity contribution in [1.29, 1.82) is 0 Å². The molecule has 3 aromatic rings. The first-order valence-electron chi connectivity index (χ1n) is 9.63. The van der Waals surface area contributed by atoms with E-state index in [4.69, 9.17) is 21.7 Å². The fourth-order valence-electron chi connectivity index (χ4n) is 3.05. The Balaban J connectivity index is 1.78. The van der Waals surface area contributed by atoms with Gasteiger partial charge in [-0.15, -0.1) is 0 Å². The number of aromatic nitrogens is 1. The first kappa shape index (κ1) is 21.6. The van der Waals surface area contributed by atoms with Gasteiger partial charge in [0.15, 0.2) is 5.11 Å². The lowest BCUT2D eigenvalue weighted by Gasteiger charge is -2.25. The minimum absolute atomic E-state index is 0.0895. The molecule has 8 heteroatoms. The zero-order valence-corrected chi connectivity index (χ0v) is 17.8. The number of aliphatic hydroxyl groups is 1. The minimum atomic E-state index is -0.206. The van der Waals surface area contributed by atoms with E-state index in [0.29, 0.717) is 35.1 Å². The first-order valence-corrected chi connectivity index (χ1v) is 10.0. The van der Waals surface area contributed by atoms with Crippen LogP contribution < -0.4 is 20.3 Å². The van der Waals surface area contributed by atoms with Gasteiger partial charge in [0, 0.05) is 23.9 Å². The number of nitrogens with one attached hydrogen (secondary N) is 2. The van der Waals surface area contributed by atoms with Crippen molar-refractivity contribution < 1.29 is 14.6 Å². The van der Waals surface area contributed by atoms with Gasteiger partial charge < -0.3 is 29.8 Å².